The second kappa shape index (κ2) is 5.89. The summed E-state index contributed by atoms with van der Waals surface area (Å²) in [6, 6.07) is 0. The van der Waals surface area contributed by atoms with E-state index in [0.29, 0.717) is 5.92 Å². The second-order valence-corrected chi connectivity index (χ2v) is 5.69. The Kier molecular flexibility index (Phi) is 5.11. The lowest BCUT2D eigenvalue weighted by Crippen LogP contribution is -2.41. The smallest absolute Gasteiger partial charge is 0.0673 e. The first-order chi connectivity index (χ1) is 7.08. The fraction of sp³-hybridized carbons (Fsp3) is 1.00. The van der Waals surface area contributed by atoms with Gasteiger partial charge in [0.2, 0.25) is 0 Å². The largest absolute Gasteiger partial charge is 0.390 e. The first-order valence-corrected chi connectivity index (χ1v) is 6.81. The van der Waals surface area contributed by atoms with E-state index in [2.05, 4.69) is 20.8 Å². The molecule has 3 unspecified atom stereocenters. The molecular weight excluding hydrogens is 184 g/mol. The van der Waals surface area contributed by atoms with Crippen LogP contribution in [0.3, 0.4) is 0 Å². The van der Waals surface area contributed by atoms with Crippen LogP contribution in [0.25, 0.3) is 0 Å². The lowest BCUT2D eigenvalue weighted by atomic mass is 9.70. The van der Waals surface area contributed by atoms with Gasteiger partial charge in [0, 0.05) is 0 Å². The fourth-order valence-corrected chi connectivity index (χ4v) is 2.91. The number of aliphatic hydroxyl groups is 1. The highest BCUT2D eigenvalue weighted by Crippen LogP contribution is 2.39. The van der Waals surface area contributed by atoms with Gasteiger partial charge in [0.05, 0.1) is 5.60 Å². The van der Waals surface area contributed by atoms with Crippen LogP contribution in [0, 0.1) is 11.8 Å². The number of hydrogen-bond donors (Lipinski definition) is 1. The Balaban J connectivity index is 2.30. The number of unbranched alkanes of at least 4 members (excludes halogenated alkanes) is 3. The maximum atomic E-state index is 10.6. The van der Waals surface area contributed by atoms with Gasteiger partial charge in [0.15, 0.2) is 0 Å². The highest BCUT2D eigenvalue weighted by Gasteiger charge is 2.37. The topological polar surface area (TPSA) is 20.2 Å². The van der Waals surface area contributed by atoms with E-state index in [9.17, 15) is 5.11 Å². The predicted octanol–water partition coefficient (Wildman–Crippen LogP) is 4.14. The summed E-state index contributed by atoms with van der Waals surface area (Å²) in [7, 11) is 0. The molecule has 1 nitrogen and oxygen atoms in total. The van der Waals surface area contributed by atoms with Crippen LogP contribution >= 0.6 is 0 Å². The SMILES string of the molecule is CCCCCCC1(O)CCC(C)CC1C. The average Bonchev–Trinajstić information content (AvgIpc) is 2.20. The molecule has 3 atom stereocenters. The van der Waals surface area contributed by atoms with Gasteiger partial charge in [-0.3, -0.25) is 0 Å². The molecule has 1 aliphatic carbocycles. The summed E-state index contributed by atoms with van der Waals surface area (Å²) in [6.45, 7) is 6.78. The first-order valence-electron chi connectivity index (χ1n) is 6.81. The van der Waals surface area contributed by atoms with Crippen LogP contribution in [-0.4, -0.2) is 10.7 Å². The summed E-state index contributed by atoms with van der Waals surface area (Å²) >= 11 is 0. The van der Waals surface area contributed by atoms with Crippen molar-refractivity contribution in [3.8, 4) is 0 Å². The van der Waals surface area contributed by atoms with E-state index in [-0.39, 0.29) is 5.60 Å². The predicted molar refractivity (Wildman–Crippen MR) is 65.9 cm³/mol. The van der Waals surface area contributed by atoms with E-state index in [1.165, 1.54) is 38.5 Å². The van der Waals surface area contributed by atoms with Crippen LogP contribution in [-0.2, 0) is 0 Å². The van der Waals surface area contributed by atoms with Crippen LogP contribution in [0.15, 0.2) is 0 Å². The van der Waals surface area contributed by atoms with Crippen LogP contribution in [0.1, 0.15) is 72.1 Å². The molecule has 0 heterocycles. The molecule has 0 radical (unpaired) electrons. The molecule has 0 bridgehead atoms. The highest BCUT2D eigenvalue weighted by molar-refractivity contribution is 4.89. The van der Waals surface area contributed by atoms with Crippen molar-refractivity contribution in [2.75, 3.05) is 0 Å². The van der Waals surface area contributed by atoms with Crippen LogP contribution < -0.4 is 0 Å². The molecule has 0 aromatic rings. The number of hydrogen-bond acceptors (Lipinski definition) is 1. The summed E-state index contributed by atoms with van der Waals surface area (Å²) in [4.78, 5) is 0. The van der Waals surface area contributed by atoms with E-state index in [1.807, 2.05) is 0 Å². The first kappa shape index (κ1) is 13.0. The zero-order valence-corrected chi connectivity index (χ0v) is 10.8. The third kappa shape index (κ3) is 3.79. The van der Waals surface area contributed by atoms with Crippen molar-refractivity contribution in [2.24, 2.45) is 11.8 Å². The van der Waals surface area contributed by atoms with Crippen molar-refractivity contribution in [3.63, 3.8) is 0 Å². The molecule has 90 valence electrons. The normalized spacial score (nSPS) is 36.8. The summed E-state index contributed by atoms with van der Waals surface area (Å²) in [5.41, 5.74) is -0.333. The Bertz CT molecular complexity index is 178. The molecule has 0 aromatic carbocycles. The summed E-state index contributed by atoms with van der Waals surface area (Å²) in [6.07, 6.45) is 9.59. The zero-order chi connectivity index (χ0) is 11.3. The summed E-state index contributed by atoms with van der Waals surface area (Å²) in [5, 5.41) is 10.6. The van der Waals surface area contributed by atoms with E-state index < -0.39 is 0 Å². The van der Waals surface area contributed by atoms with Crippen molar-refractivity contribution in [3.05, 3.63) is 0 Å². The lowest BCUT2D eigenvalue weighted by molar-refractivity contribution is -0.0607. The van der Waals surface area contributed by atoms with Crippen molar-refractivity contribution in [1.29, 1.82) is 0 Å². The Labute approximate surface area is 95.3 Å². The van der Waals surface area contributed by atoms with Gasteiger partial charge in [-0.2, -0.15) is 0 Å². The molecule has 1 rings (SSSR count). The minimum atomic E-state index is -0.333. The molecule has 1 heteroatoms. The van der Waals surface area contributed by atoms with Gasteiger partial charge in [0.25, 0.3) is 0 Å². The maximum Gasteiger partial charge on any atom is 0.0673 e. The Morgan fingerprint density at radius 3 is 2.53 bits per heavy atom. The molecule has 1 fully saturated rings. The van der Waals surface area contributed by atoms with E-state index in [0.717, 1.165) is 18.8 Å². The fourth-order valence-electron chi connectivity index (χ4n) is 2.91. The van der Waals surface area contributed by atoms with Gasteiger partial charge in [-0.1, -0.05) is 46.5 Å². The molecule has 0 saturated heterocycles. The molecule has 0 aliphatic heterocycles. The standard InChI is InChI=1S/C14H28O/c1-4-5-6-7-9-14(15)10-8-12(2)11-13(14)3/h12-13,15H,4-11H2,1-3H3. The molecule has 0 aromatic heterocycles. The summed E-state index contributed by atoms with van der Waals surface area (Å²) < 4.78 is 0. The molecule has 15 heavy (non-hydrogen) atoms. The third-order valence-electron chi connectivity index (χ3n) is 4.21. The average molecular weight is 212 g/mol. The monoisotopic (exact) mass is 212 g/mol. The van der Waals surface area contributed by atoms with Gasteiger partial charge in [0.1, 0.15) is 0 Å². The number of rotatable bonds is 5. The minimum Gasteiger partial charge on any atom is -0.390 e. The van der Waals surface area contributed by atoms with E-state index >= 15 is 0 Å². The lowest BCUT2D eigenvalue weighted by Gasteiger charge is -2.41. The van der Waals surface area contributed by atoms with Gasteiger partial charge >= 0.3 is 0 Å². The van der Waals surface area contributed by atoms with Crippen LogP contribution in [0.4, 0.5) is 0 Å². The molecule has 1 aliphatic rings. The van der Waals surface area contributed by atoms with Crippen molar-refractivity contribution in [1.82, 2.24) is 0 Å². The molecule has 1 saturated carbocycles. The maximum absolute atomic E-state index is 10.6. The quantitative estimate of drug-likeness (QED) is 0.679. The third-order valence-corrected chi connectivity index (χ3v) is 4.21. The second-order valence-electron chi connectivity index (χ2n) is 5.69. The van der Waals surface area contributed by atoms with Crippen LogP contribution in [0.5, 0.6) is 0 Å². The van der Waals surface area contributed by atoms with Gasteiger partial charge in [-0.25, -0.2) is 0 Å². The van der Waals surface area contributed by atoms with Crippen molar-refractivity contribution >= 4 is 0 Å². The summed E-state index contributed by atoms with van der Waals surface area (Å²) in [5.74, 6) is 1.32. The van der Waals surface area contributed by atoms with Crippen LogP contribution in [0.2, 0.25) is 0 Å². The minimum absolute atomic E-state index is 0.333. The molecule has 0 spiro atoms. The van der Waals surface area contributed by atoms with Gasteiger partial charge in [-0.15, -0.1) is 0 Å². The molecular formula is C14H28O. The van der Waals surface area contributed by atoms with Crippen molar-refractivity contribution in [2.45, 2.75) is 77.7 Å². The van der Waals surface area contributed by atoms with Crippen molar-refractivity contribution < 1.29 is 5.11 Å². The van der Waals surface area contributed by atoms with Gasteiger partial charge < -0.3 is 5.11 Å². The Morgan fingerprint density at radius 2 is 1.93 bits per heavy atom. The Morgan fingerprint density at radius 1 is 1.20 bits per heavy atom. The molecule has 0 amide bonds. The van der Waals surface area contributed by atoms with Gasteiger partial charge in [-0.05, 0) is 37.5 Å². The molecule has 1 N–H and O–H groups in total. The van der Waals surface area contributed by atoms with E-state index in [1.54, 1.807) is 0 Å². The highest BCUT2D eigenvalue weighted by atomic mass is 16.3. The van der Waals surface area contributed by atoms with E-state index in [4.69, 9.17) is 0 Å². The zero-order valence-electron chi connectivity index (χ0n) is 10.8. The Hall–Kier alpha value is -0.0400.